The third-order valence-electron chi connectivity index (χ3n) is 8.95. The SMILES string of the molecule is COc1cc(/C=C/C2(C(C)(C)C(=O)/C=C/C3(C)C=C(C#N)C(=O)C(C)(C)C3)OCCO2)ccc1O[Si](C)(C)C(C)(C)C. The Balaban J connectivity index is 1.89. The normalized spacial score (nSPS) is 22.7. The maximum atomic E-state index is 13.7. The molecule has 2 aliphatic rings. The molecule has 7 nitrogen and oxygen atoms in total. The van der Waals surface area contributed by atoms with Crippen LogP contribution >= 0.6 is 0 Å². The number of carbonyl (C=O) groups excluding carboxylic acids is 2. The second kappa shape index (κ2) is 11.6. The molecule has 42 heavy (non-hydrogen) atoms. The molecule has 0 amide bonds. The summed E-state index contributed by atoms with van der Waals surface area (Å²) in [6.07, 6.45) is 9.16. The van der Waals surface area contributed by atoms with Crippen LogP contribution in [0.2, 0.25) is 18.1 Å². The molecule has 3 rings (SSSR count). The summed E-state index contributed by atoms with van der Waals surface area (Å²) in [7, 11) is -0.438. The first kappa shape index (κ1) is 33.5. The number of nitrogens with zero attached hydrogens (tertiary/aromatic N) is 1. The first-order valence-corrected chi connectivity index (χ1v) is 17.4. The number of nitriles is 1. The van der Waals surface area contributed by atoms with E-state index in [1.165, 1.54) is 6.08 Å². The standard InChI is InChI=1S/C34H47NO6Si/c1-30(2,3)42(10,11)41-26-13-12-24(20-27(26)38-9)14-17-34(39-18-19-40-34)32(6,7)28(36)15-16-33(8)21-25(22-35)29(37)31(4,5)23-33/h12-17,20-21H,18-19,23H2,1-11H3/b16-15+,17-14+. The lowest BCUT2D eigenvalue weighted by atomic mass is 9.65. The van der Waals surface area contributed by atoms with Crippen LogP contribution in [-0.2, 0) is 19.1 Å². The zero-order valence-electron chi connectivity index (χ0n) is 27.1. The zero-order chi connectivity index (χ0) is 31.8. The van der Waals surface area contributed by atoms with Gasteiger partial charge in [0.15, 0.2) is 17.3 Å². The van der Waals surface area contributed by atoms with Gasteiger partial charge in [-0.05, 0) is 68.2 Å². The van der Waals surface area contributed by atoms with E-state index in [-0.39, 0.29) is 22.2 Å². The quantitative estimate of drug-likeness (QED) is 0.217. The molecule has 1 aliphatic heterocycles. The number of Topliss-reactive ketones (excluding diaryl/α,β-unsaturated/α-hetero) is 1. The molecule has 1 heterocycles. The molecule has 0 radical (unpaired) electrons. The number of benzene rings is 1. The van der Waals surface area contributed by atoms with Crippen molar-refractivity contribution >= 4 is 26.0 Å². The summed E-state index contributed by atoms with van der Waals surface area (Å²) < 4.78 is 24.4. The minimum atomic E-state index is -2.06. The highest BCUT2D eigenvalue weighted by atomic mass is 28.4. The fraction of sp³-hybridized carbons (Fsp3) is 0.559. The Bertz CT molecular complexity index is 1350. The summed E-state index contributed by atoms with van der Waals surface area (Å²) in [6.45, 7) is 20.9. The number of carbonyl (C=O) groups is 2. The van der Waals surface area contributed by atoms with Crippen LogP contribution in [0.5, 0.6) is 11.5 Å². The highest BCUT2D eigenvalue weighted by Crippen LogP contribution is 2.45. The van der Waals surface area contributed by atoms with Crippen LogP contribution in [-0.4, -0.2) is 46.0 Å². The van der Waals surface area contributed by atoms with Gasteiger partial charge in [0.2, 0.25) is 5.79 Å². The molecule has 228 valence electrons. The van der Waals surface area contributed by atoms with Gasteiger partial charge >= 0.3 is 0 Å². The largest absolute Gasteiger partial charge is 0.541 e. The van der Waals surface area contributed by atoms with E-state index in [1.54, 1.807) is 39.2 Å². The molecule has 0 N–H and O–H groups in total. The van der Waals surface area contributed by atoms with Gasteiger partial charge in [0, 0.05) is 10.8 Å². The maximum Gasteiger partial charge on any atom is 0.250 e. The fourth-order valence-electron chi connectivity index (χ4n) is 5.28. The number of methoxy groups -OCH3 is 1. The molecule has 1 aliphatic carbocycles. The zero-order valence-corrected chi connectivity index (χ0v) is 28.1. The van der Waals surface area contributed by atoms with E-state index in [1.807, 2.05) is 51.1 Å². The molecular formula is C34H47NO6Si. The van der Waals surface area contributed by atoms with Crippen molar-refractivity contribution in [2.75, 3.05) is 20.3 Å². The molecule has 1 saturated heterocycles. The predicted molar refractivity (Wildman–Crippen MR) is 168 cm³/mol. The van der Waals surface area contributed by atoms with Gasteiger partial charge in [0.25, 0.3) is 8.32 Å². The summed E-state index contributed by atoms with van der Waals surface area (Å²) in [5.74, 6) is -0.300. The number of hydrogen-bond donors (Lipinski definition) is 0. The average molecular weight is 594 g/mol. The lowest BCUT2D eigenvalue weighted by Crippen LogP contribution is -2.48. The van der Waals surface area contributed by atoms with Crippen molar-refractivity contribution in [2.45, 2.75) is 85.7 Å². The highest BCUT2D eigenvalue weighted by molar-refractivity contribution is 6.74. The Kier molecular flexibility index (Phi) is 9.25. The second-order valence-corrected chi connectivity index (χ2v) is 19.1. The summed E-state index contributed by atoms with van der Waals surface area (Å²) in [6, 6.07) is 7.80. The maximum absolute atomic E-state index is 13.7. The van der Waals surface area contributed by atoms with E-state index in [0.29, 0.717) is 31.1 Å². The van der Waals surface area contributed by atoms with E-state index >= 15 is 0 Å². The topological polar surface area (TPSA) is 94.9 Å². The smallest absolute Gasteiger partial charge is 0.250 e. The summed E-state index contributed by atoms with van der Waals surface area (Å²) in [5, 5.41) is 9.55. The van der Waals surface area contributed by atoms with Crippen LogP contribution in [0.3, 0.4) is 0 Å². The van der Waals surface area contributed by atoms with Crippen molar-refractivity contribution in [2.24, 2.45) is 16.2 Å². The third kappa shape index (κ3) is 6.64. The molecule has 1 fully saturated rings. The minimum absolute atomic E-state index is 0.0447. The van der Waals surface area contributed by atoms with Gasteiger partial charge in [-0.1, -0.05) is 65.8 Å². The van der Waals surface area contributed by atoms with E-state index in [9.17, 15) is 14.9 Å². The Morgan fingerprint density at radius 2 is 1.67 bits per heavy atom. The second-order valence-electron chi connectivity index (χ2n) is 14.4. The number of rotatable bonds is 9. The Hall–Kier alpha value is -2.99. The third-order valence-corrected chi connectivity index (χ3v) is 13.3. The van der Waals surface area contributed by atoms with Gasteiger partial charge in [-0.2, -0.15) is 5.26 Å². The number of allylic oxidation sites excluding steroid dienone is 4. The van der Waals surface area contributed by atoms with Crippen LogP contribution < -0.4 is 9.16 Å². The minimum Gasteiger partial charge on any atom is -0.541 e. The van der Waals surface area contributed by atoms with Crippen LogP contribution in [0, 0.1) is 27.6 Å². The van der Waals surface area contributed by atoms with Crippen molar-refractivity contribution in [1.82, 2.24) is 0 Å². The van der Waals surface area contributed by atoms with Gasteiger partial charge in [-0.15, -0.1) is 0 Å². The van der Waals surface area contributed by atoms with Gasteiger partial charge in [-0.3, -0.25) is 9.59 Å². The van der Waals surface area contributed by atoms with Gasteiger partial charge in [-0.25, -0.2) is 0 Å². The number of hydrogen-bond acceptors (Lipinski definition) is 7. The monoisotopic (exact) mass is 593 g/mol. The number of ether oxygens (including phenoxy) is 3. The molecule has 1 atom stereocenters. The molecule has 8 heteroatoms. The average Bonchev–Trinajstić information content (AvgIpc) is 3.38. The van der Waals surface area contributed by atoms with E-state index < -0.39 is 30.3 Å². The lowest BCUT2D eigenvalue weighted by Gasteiger charge is -2.39. The molecule has 0 bridgehead atoms. The predicted octanol–water partition coefficient (Wildman–Crippen LogP) is 7.44. The fourth-order valence-corrected chi connectivity index (χ4v) is 6.30. The first-order valence-electron chi connectivity index (χ1n) is 14.5. The highest BCUT2D eigenvalue weighted by Gasteiger charge is 2.52. The molecule has 0 saturated carbocycles. The molecule has 0 aromatic heterocycles. The van der Waals surface area contributed by atoms with Crippen LogP contribution in [0.25, 0.3) is 6.08 Å². The molecule has 0 spiro atoms. The first-order chi connectivity index (χ1) is 19.2. The van der Waals surface area contributed by atoms with Crippen LogP contribution in [0.15, 0.2) is 48.1 Å². The Morgan fingerprint density at radius 3 is 2.21 bits per heavy atom. The molecule has 1 aromatic rings. The molecular weight excluding hydrogens is 546 g/mol. The summed E-state index contributed by atoms with van der Waals surface area (Å²) >= 11 is 0. The van der Waals surface area contributed by atoms with Crippen molar-refractivity contribution in [3.63, 3.8) is 0 Å². The summed E-state index contributed by atoms with van der Waals surface area (Å²) in [5.41, 5.74) is -1.43. The lowest BCUT2D eigenvalue weighted by molar-refractivity contribution is -0.191. The van der Waals surface area contributed by atoms with Crippen molar-refractivity contribution in [1.29, 1.82) is 5.26 Å². The van der Waals surface area contributed by atoms with Gasteiger partial charge < -0.3 is 18.6 Å². The molecule has 1 unspecified atom stereocenters. The van der Waals surface area contributed by atoms with Gasteiger partial charge in [0.05, 0.1) is 31.3 Å². The van der Waals surface area contributed by atoms with Crippen molar-refractivity contribution in [3.8, 4) is 17.6 Å². The van der Waals surface area contributed by atoms with Crippen molar-refractivity contribution in [3.05, 3.63) is 53.6 Å². The van der Waals surface area contributed by atoms with Crippen LogP contribution in [0.4, 0.5) is 0 Å². The van der Waals surface area contributed by atoms with E-state index in [2.05, 4.69) is 33.9 Å². The summed E-state index contributed by atoms with van der Waals surface area (Å²) in [4.78, 5) is 26.3. The van der Waals surface area contributed by atoms with Gasteiger partial charge in [0.1, 0.15) is 11.8 Å². The number of ketones is 2. The van der Waals surface area contributed by atoms with Crippen molar-refractivity contribution < 1.29 is 28.2 Å². The van der Waals surface area contributed by atoms with E-state index in [4.69, 9.17) is 18.6 Å². The Labute approximate surface area is 252 Å². The Morgan fingerprint density at radius 1 is 1.05 bits per heavy atom. The van der Waals surface area contributed by atoms with Crippen LogP contribution in [0.1, 0.15) is 67.4 Å². The molecule has 1 aromatic carbocycles. The van der Waals surface area contributed by atoms with E-state index in [0.717, 1.165) is 5.56 Å².